The summed E-state index contributed by atoms with van der Waals surface area (Å²) in [6, 6.07) is 7.79. The van der Waals surface area contributed by atoms with E-state index in [2.05, 4.69) is 5.32 Å². The summed E-state index contributed by atoms with van der Waals surface area (Å²) in [6.45, 7) is 4.87. The van der Waals surface area contributed by atoms with Crippen molar-refractivity contribution in [2.75, 3.05) is 30.5 Å². The Morgan fingerprint density at radius 1 is 1.30 bits per heavy atom. The minimum atomic E-state index is -3.37. The Hall–Kier alpha value is -1.11. The molecular weight excluding hydrogens is 274 g/mol. The molecule has 2 saturated heterocycles. The maximum atomic E-state index is 12.7. The fraction of sp³-hybridized carbons (Fsp3) is 0.571. The molecule has 1 aromatic rings. The fourth-order valence-electron chi connectivity index (χ4n) is 3.04. The van der Waals surface area contributed by atoms with E-state index >= 15 is 0 Å². The van der Waals surface area contributed by atoms with Crippen LogP contribution in [0, 0.1) is 6.92 Å². The van der Waals surface area contributed by atoms with E-state index in [1.165, 1.54) is 4.31 Å². The first-order valence-electron chi connectivity index (χ1n) is 7.16. The summed E-state index contributed by atoms with van der Waals surface area (Å²) >= 11 is 0. The highest BCUT2D eigenvalue weighted by atomic mass is 32.2. The minimum Gasteiger partial charge on any atom is -0.315 e. The molecule has 20 heavy (non-hydrogen) atoms. The Morgan fingerprint density at radius 3 is 2.85 bits per heavy atom. The van der Waals surface area contributed by atoms with Crippen molar-refractivity contribution in [3.8, 4) is 0 Å². The number of nitrogens with one attached hydrogen (secondary N) is 1. The summed E-state index contributed by atoms with van der Waals surface area (Å²) < 4.78 is 28.7. The number of aryl methyl sites for hydroxylation is 1. The third-order valence-electron chi connectivity index (χ3n) is 4.07. The van der Waals surface area contributed by atoms with Gasteiger partial charge in [-0.15, -0.1) is 0 Å². The number of piperidine rings is 1. The highest BCUT2D eigenvalue weighted by Crippen LogP contribution is 2.28. The number of anilines is 1. The average molecular weight is 295 g/mol. The zero-order chi connectivity index (χ0) is 14.2. The Balaban J connectivity index is 1.85. The lowest BCUT2D eigenvalue weighted by Gasteiger charge is -2.30. The van der Waals surface area contributed by atoms with Crippen LogP contribution in [0.4, 0.5) is 5.69 Å². The van der Waals surface area contributed by atoms with Crippen molar-refractivity contribution in [3.63, 3.8) is 0 Å². The molecule has 1 N–H and O–H groups in total. The lowest BCUT2D eigenvalue weighted by atomic mass is 10.1. The Labute approximate surface area is 120 Å². The van der Waals surface area contributed by atoms with Gasteiger partial charge in [-0.1, -0.05) is 12.1 Å². The van der Waals surface area contributed by atoms with Crippen LogP contribution in [0.1, 0.15) is 18.4 Å². The van der Waals surface area contributed by atoms with Gasteiger partial charge in [-0.2, -0.15) is 12.7 Å². The molecule has 1 atom stereocenters. The van der Waals surface area contributed by atoms with Gasteiger partial charge < -0.3 is 5.32 Å². The van der Waals surface area contributed by atoms with Gasteiger partial charge in [0.1, 0.15) is 0 Å². The Kier molecular flexibility index (Phi) is 3.70. The van der Waals surface area contributed by atoms with Crippen LogP contribution in [0.15, 0.2) is 24.3 Å². The summed E-state index contributed by atoms with van der Waals surface area (Å²) in [5.41, 5.74) is 1.85. The number of rotatable bonds is 2. The molecule has 5 nitrogen and oxygen atoms in total. The molecule has 0 amide bonds. The van der Waals surface area contributed by atoms with E-state index in [9.17, 15) is 8.42 Å². The summed E-state index contributed by atoms with van der Waals surface area (Å²) in [6.07, 6.45) is 2.00. The minimum absolute atomic E-state index is 0.101. The first-order chi connectivity index (χ1) is 9.59. The SMILES string of the molecule is Cc1cccc(N2CCN(C3CCCNC3)S2(=O)=O)c1. The summed E-state index contributed by atoms with van der Waals surface area (Å²) in [7, 11) is -3.37. The lowest BCUT2D eigenvalue weighted by molar-refractivity contribution is 0.284. The van der Waals surface area contributed by atoms with Gasteiger partial charge in [0.25, 0.3) is 0 Å². The standard InChI is InChI=1S/C14H21N3O2S/c1-12-4-2-5-13(10-12)16-8-9-17(20(16,18)19)14-6-3-7-15-11-14/h2,4-5,10,14-15H,3,6-9,11H2,1H3. The number of nitrogens with zero attached hydrogens (tertiary/aromatic N) is 2. The summed E-state index contributed by atoms with van der Waals surface area (Å²) in [4.78, 5) is 0. The molecule has 0 radical (unpaired) electrons. The maximum Gasteiger partial charge on any atom is 0.304 e. The van der Waals surface area contributed by atoms with Crippen molar-refractivity contribution >= 4 is 15.9 Å². The van der Waals surface area contributed by atoms with Crippen LogP contribution in [0.3, 0.4) is 0 Å². The van der Waals surface area contributed by atoms with Gasteiger partial charge in [0.15, 0.2) is 0 Å². The van der Waals surface area contributed by atoms with Gasteiger partial charge in [0.2, 0.25) is 0 Å². The topological polar surface area (TPSA) is 52.6 Å². The van der Waals surface area contributed by atoms with Crippen molar-refractivity contribution in [1.29, 1.82) is 0 Å². The molecule has 6 heteroatoms. The molecule has 2 heterocycles. The zero-order valence-corrected chi connectivity index (χ0v) is 12.6. The molecule has 2 aliphatic rings. The number of benzene rings is 1. The highest BCUT2D eigenvalue weighted by Gasteiger charge is 2.41. The molecule has 0 spiro atoms. The Morgan fingerprint density at radius 2 is 2.15 bits per heavy atom. The highest BCUT2D eigenvalue weighted by molar-refractivity contribution is 7.90. The molecule has 1 aromatic carbocycles. The van der Waals surface area contributed by atoms with E-state index < -0.39 is 10.2 Å². The predicted octanol–water partition coefficient (Wildman–Crippen LogP) is 1.11. The van der Waals surface area contributed by atoms with E-state index in [-0.39, 0.29) is 6.04 Å². The van der Waals surface area contributed by atoms with E-state index in [4.69, 9.17) is 0 Å². The maximum absolute atomic E-state index is 12.7. The predicted molar refractivity (Wildman–Crippen MR) is 80.0 cm³/mol. The van der Waals surface area contributed by atoms with E-state index in [1.807, 2.05) is 31.2 Å². The first-order valence-corrected chi connectivity index (χ1v) is 8.55. The van der Waals surface area contributed by atoms with Gasteiger partial charge in [0.05, 0.1) is 5.69 Å². The summed E-state index contributed by atoms with van der Waals surface area (Å²) in [5, 5.41) is 3.29. The van der Waals surface area contributed by atoms with Crippen molar-refractivity contribution in [3.05, 3.63) is 29.8 Å². The number of hydrogen-bond donors (Lipinski definition) is 1. The van der Waals surface area contributed by atoms with Crippen LogP contribution in [-0.2, 0) is 10.2 Å². The van der Waals surface area contributed by atoms with Crippen molar-refractivity contribution in [1.82, 2.24) is 9.62 Å². The second-order valence-electron chi connectivity index (χ2n) is 5.53. The largest absolute Gasteiger partial charge is 0.315 e. The third kappa shape index (κ3) is 2.43. The monoisotopic (exact) mass is 295 g/mol. The van der Waals surface area contributed by atoms with Gasteiger partial charge in [0, 0.05) is 25.7 Å². The quantitative estimate of drug-likeness (QED) is 0.889. The number of hydrogen-bond acceptors (Lipinski definition) is 3. The molecule has 2 aliphatic heterocycles. The zero-order valence-electron chi connectivity index (χ0n) is 11.7. The molecule has 2 fully saturated rings. The second kappa shape index (κ2) is 5.35. The van der Waals surface area contributed by atoms with Gasteiger partial charge >= 0.3 is 10.2 Å². The van der Waals surface area contributed by atoms with Crippen LogP contribution in [0.2, 0.25) is 0 Å². The van der Waals surface area contributed by atoms with E-state index in [0.29, 0.717) is 13.1 Å². The molecule has 0 bridgehead atoms. The van der Waals surface area contributed by atoms with Gasteiger partial charge in [-0.25, -0.2) is 0 Å². The molecule has 0 aromatic heterocycles. The van der Waals surface area contributed by atoms with Crippen LogP contribution in [0.5, 0.6) is 0 Å². The molecule has 1 unspecified atom stereocenters. The van der Waals surface area contributed by atoms with Crippen LogP contribution < -0.4 is 9.62 Å². The van der Waals surface area contributed by atoms with Gasteiger partial charge in [-0.05, 0) is 44.0 Å². The van der Waals surface area contributed by atoms with Crippen LogP contribution in [-0.4, -0.2) is 44.9 Å². The van der Waals surface area contributed by atoms with Crippen LogP contribution in [0.25, 0.3) is 0 Å². The van der Waals surface area contributed by atoms with Crippen molar-refractivity contribution < 1.29 is 8.42 Å². The third-order valence-corrected chi connectivity index (χ3v) is 6.09. The molecule has 110 valence electrons. The molecular formula is C14H21N3O2S. The van der Waals surface area contributed by atoms with E-state index in [0.717, 1.165) is 37.2 Å². The molecule has 3 rings (SSSR count). The average Bonchev–Trinajstić information content (AvgIpc) is 2.75. The first kappa shape index (κ1) is 13.9. The Bertz CT molecular complexity index is 582. The van der Waals surface area contributed by atoms with Crippen LogP contribution >= 0.6 is 0 Å². The van der Waals surface area contributed by atoms with Crippen molar-refractivity contribution in [2.45, 2.75) is 25.8 Å². The fourth-order valence-corrected chi connectivity index (χ4v) is 4.86. The van der Waals surface area contributed by atoms with Gasteiger partial charge in [-0.3, -0.25) is 4.31 Å². The summed E-state index contributed by atoms with van der Waals surface area (Å²) in [5.74, 6) is 0. The molecule has 0 saturated carbocycles. The normalized spacial score (nSPS) is 26.9. The van der Waals surface area contributed by atoms with E-state index in [1.54, 1.807) is 4.31 Å². The second-order valence-corrected chi connectivity index (χ2v) is 7.34. The van der Waals surface area contributed by atoms with Crippen molar-refractivity contribution in [2.24, 2.45) is 0 Å². The molecule has 0 aliphatic carbocycles. The lowest BCUT2D eigenvalue weighted by Crippen LogP contribution is -2.48. The smallest absolute Gasteiger partial charge is 0.304 e.